The minimum absolute atomic E-state index is 0. The third kappa shape index (κ3) is 6.54. The molecule has 1 aliphatic rings. The van der Waals surface area contributed by atoms with Crippen molar-refractivity contribution in [2.75, 3.05) is 18.4 Å². The van der Waals surface area contributed by atoms with Gasteiger partial charge in [-0.15, -0.1) is 12.4 Å². The fraction of sp³-hybridized carbons (Fsp3) is 0.409. The predicted molar refractivity (Wildman–Crippen MR) is 123 cm³/mol. The number of halogens is 1. The molecular formula is C22H30ClN3O3S. The Bertz CT molecular complexity index is 945. The summed E-state index contributed by atoms with van der Waals surface area (Å²) in [4.78, 5) is 12.5. The molecule has 1 fully saturated rings. The zero-order valence-corrected chi connectivity index (χ0v) is 19.0. The number of carbonyl (C=O) groups is 1. The first-order chi connectivity index (χ1) is 13.8. The number of nitrogens with one attached hydrogen (secondary N) is 3. The number of hydrogen-bond donors (Lipinski definition) is 3. The Hall–Kier alpha value is -1.93. The Labute approximate surface area is 185 Å². The van der Waals surface area contributed by atoms with Crippen LogP contribution in [-0.4, -0.2) is 33.5 Å². The fourth-order valence-corrected chi connectivity index (χ4v) is 5.07. The molecule has 2 aromatic carbocycles. The van der Waals surface area contributed by atoms with Gasteiger partial charge >= 0.3 is 0 Å². The number of hydrogen-bond acceptors (Lipinski definition) is 4. The van der Waals surface area contributed by atoms with Crippen molar-refractivity contribution in [1.29, 1.82) is 0 Å². The molecule has 2 aromatic rings. The van der Waals surface area contributed by atoms with E-state index < -0.39 is 10.0 Å². The number of rotatable bonds is 7. The fourth-order valence-electron chi connectivity index (χ4n) is 3.67. The Morgan fingerprint density at radius 3 is 2.43 bits per heavy atom. The molecule has 0 aromatic heterocycles. The van der Waals surface area contributed by atoms with Gasteiger partial charge in [0.05, 0.1) is 11.3 Å². The first kappa shape index (κ1) is 24.3. The van der Waals surface area contributed by atoms with Crippen molar-refractivity contribution in [3.05, 3.63) is 59.7 Å². The normalized spacial score (nSPS) is 15.8. The summed E-state index contributed by atoms with van der Waals surface area (Å²) in [7, 11) is -3.61. The molecule has 0 unspecified atom stereocenters. The topological polar surface area (TPSA) is 87.3 Å². The molecule has 0 spiro atoms. The smallest absolute Gasteiger partial charge is 0.240 e. The van der Waals surface area contributed by atoms with E-state index in [1.165, 1.54) is 0 Å². The summed E-state index contributed by atoms with van der Waals surface area (Å²) in [5.74, 6) is 0.205. The van der Waals surface area contributed by atoms with Crippen molar-refractivity contribution in [1.82, 2.24) is 10.0 Å². The Morgan fingerprint density at radius 2 is 1.80 bits per heavy atom. The van der Waals surface area contributed by atoms with Crippen molar-refractivity contribution in [3.63, 3.8) is 0 Å². The highest BCUT2D eigenvalue weighted by Crippen LogP contribution is 2.22. The van der Waals surface area contributed by atoms with E-state index >= 15 is 0 Å². The number of anilines is 1. The molecule has 30 heavy (non-hydrogen) atoms. The van der Waals surface area contributed by atoms with E-state index in [9.17, 15) is 13.2 Å². The van der Waals surface area contributed by atoms with Crippen molar-refractivity contribution in [2.24, 2.45) is 5.92 Å². The van der Waals surface area contributed by atoms with Crippen LogP contribution in [0.15, 0.2) is 53.4 Å². The maximum Gasteiger partial charge on any atom is 0.240 e. The van der Waals surface area contributed by atoms with Crippen LogP contribution in [0.5, 0.6) is 0 Å². The lowest BCUT2D eigenvalue weighted by molar-refractivity contribution is -0.115. The van der Waals surface area contributed by atoms with Crippen LogP contribution in [0.3, 0.4) is 0 Å². The first-order valence-corrected chi connectivity index (χ1v) is 11.5. The number of sulfonamides is 1. The second-order valence-corrected chi connectivity index (χ2v) is 9.40. The van der Waals surface area contributed by atoms with Gasteiger partial charge in [-0.2, -0.15) is 0 Å². The molecular weight excluding hydrogens is 422 g/mol. The molecule has 0 bridgehead atoms. The minimum atomic E-state index is -3.61. The Kier molecular flexibility index (Phi) is 8.85. The predicted octanol–water partition coefficient (Wildman–Crippen LogP) is 3.26. The van der Waals surface area contributed by atoms with Crippen LogP contribution in [0, 0.1) is 12.8 Å². The quantitative estimate of drug-likeness (QED) is 0.603. The van der Waals surface area contributed by atoms with Gasteiger partial charge in [-0.05, 0) is 75.0 Å². The molecule has 1 amide bonds. The summed E-state index contributed by atoms with van der Waals surface area (Å²) in [6.07, 6.45) is 2.21. The van der Waals surface area contributed by atoms with Crippen LogP contribution in [-0.2, 0) is 21.2 Å². The van der Waals surface area contributed by atoms with Crippen LogP contribution in [0.1, 0.15) is 30.9 Å². The zero-order chi connectivity index (χ0) is 20.9. The van der Waals surface area contributed by atoms with E-state index in [1.54, 1.807) is 25.1 Å². The van der Waals surface area contributed by atoms with E-state index in [4.69, 9.17) is 0 Å². The van der Waals surface area contributed by atoms with Crippen LogP contribution in [0.2, 0.25) is 0 Å². The molecule has 1 saturated heterocycles. The minimum Gasteiger partial charge on any atom is -0.326 e. The van der Waals surface area contributed by atoms with E-state index in [1.807, 2.05) is 37.3 Å². The van der Waals surface area contributed by atoms with Gasteiger partial charge < -0.3 is 10.6 Å². The van der Waals surface area contributed by atoms with Crippen LogP contribution < -0.4 is 15.4 Å². The SMILES string of the molecule is Cc1cc(S(=O)(=O)N[C@H](C)C2CCNCC2)ccc1NC(=O)Cc1ccccc1.Cl. The maximum atomic E-state index is 12.8. The van der Waals surface area contributed by atoms with Crippen molar-refractivity contribution in [2.45, 2.75) is 44.0 Å². The summed E-state index contributed by atoms with van der Waals surface area (Å²) in [6.45, 7) is 5.58. The summed E-state index contributed by atoms with van der Waals surface area (Å²) in [5.41, 5.74) is 2.26. The number of aryl methyl sites for hydroxylation is 1. The first-order valence-electron chi connectivity index (χ1n) is 10.0. The number of carbonyl (C=O) groups excluding carboxylic acids is 1. The highest BCUT2D eigenvalue weighted by molar-refractivity contribution is 7.89. The lowest BCUT2D eigenvalue weighted by Crippen LogP contribution is -2.42. The third-order valence-electron chi connectivity index (χ3n) is 5.42. The van der Waals surface area contributed by atoms with Crippen LogP contribution in [0.4, 0.5) is 5.69 Å². The van der Waals surface area contributed by atoms with Crippen LogP contribution >= 0.6 is 12.4 Å². The lowest BCUT2D eigenvalue weighted by Gasteiger charge is -2.28. The second kappa shape index (κ2) is 10.9. The number of amides is 1. The van der Waals surface area contributed by atoms with Gasteiger partial charge in [-0.1, -0.05) is 30.3 Å². The molecule has 1 atom stereocenters. The van der Waals surface area contributed by atoms with Gasteiger partial charge in [0.2, 0.25) is 15.9 Å². The molecule has 0 aliphatic carbocycles. The van der Waals surface area contributed by atoms with Gasteiger partial charge in [0.1, 0.15) is 0 Å². The third-order valence-corrected chi connectivity index (χ3v) is 6.98. The van der Waals surface area contributed by atoms with Crippen molar-refractivity contribution in [3.8, 4) is 0 Å². The van der Waals surface area contributed by atoms with E-state index in [2.05, 4.69) is 15.4 Å². The molecule has 6 nitrogen and oxygen atoms in total. The summed E-state index contributed by atoms with van der Waals surface area (Å²) in [6, 6.07) is 14.2. The molecule has 164 valence electrons. The highest BCUT2D eigenvalue weighted by atomic mass is 35.5. The highest BCUT2D eigenvalue weighted by Gasteiger charge is 2.25. The van der Waals surface area contributed by atoms with E-state index in [0.717, 1.165) is 31.5 Å². The molecule has 0 radical (unpaired) electrons. The van der Waals surface area contributed by atoms with Gasteiger partial charge in [0.15, 0.2) is 0 Å². The summed E-state index contributed by atoms with van der Waals surface area (Å²) in [5, 5.41) is 6.17. The number of benzene rings is 2. The zero-order valence-electron chi connectivity index (χ0n) is 17.4. The molecule has 1 heterocycles. The summed E-state index contributed by atoms with van der Waals surface area (Å²) >= 11 is 0. The van der Waals surface area contributed by atoms with E-state index in [0.29, 0.717) is 17.2 Å². The van der Waals surface area contributed by atoms with Gasteiger partial charge in [0, 0.05) is 11.7 Å². The standard InChI is InChI=1S/C22H29N3O3S.ClH/c1-16-14-20(29(27,28)25-17(2)19-10-12-23-13-11-19)8-9-21(16)24-22(26)15-18-6-4-3-5-7-18;/h3-9,14,17,19,23,25H,10-13,15H2,1-2H3,(H,24,26);1H/t17-;/m1./s1. The molecule has 0 saturated carbocycles. The van der Waals surface area contributed by atoms with E-state index in [-0.39, 0.29) is 35.7 Å². The van der Waals surface area contributed by atoms with Crippen molar-refractivity contribution < 1.29 is 13.2 Å². The van der Waals surface area contributed by atoms with Gasteiger partial charge in [-0.3, -0.25) is 4.79 Å². The Balaban J connectivity index is 0.00000320. The van der Waals surface area contributed by atoms with Crippen molar-refractivity contribution >= 4 is 34.0 Å². The van der Waals surface area contributed by atoms with Gasteiger partial charge in [-0.25, -0.2) is 13.1 Å². The maximum absolute atomic E-state index is 12.8. The monoisotopic (exact) mass is 451 g/mol. The summed E-state index contributed by atoms with van der Waals surface area (Å²) < 4.78 is 28.4. The molecule has 8 heteroatoms. The lowest BCUT2D eigenvalue weighted by atomic mass is 9.92. The number of piperidine rings is 1. The molecule has 1 aliphatic heterocycles. The van der Waals surface area contributed by atoms with Gasteiger partial charge in [0.25, 0.3) is 0 Å². The average molecular weight is 452 g/mol. The Morgan fingerprint density at radius 1 is 1.13 bits per heavy atom. The average Bonchev–Trinajstić information content (AvgIpc) is 2.70. The molecule has 3 rings (SSSR count). The van der Waals surface area contributed by atoms with Crippen LogP contribution in [0.25, 0.3) is 0 Å². The second-order valence-electron chi connectivity index (χ2n) is 7.68. The largest absolute Gasteiger partial charge is 0.326 e. The molecule has 3 N–H and O–H groups in total.